The first kappa shape index (κ1) is 12.3. The van der Waals surface area contributed by atoms with E-state index < -0.39 is 11.9 Å². The standard InChI is InChI=1S/C13H14N2O3/c1-3-15-12(16)10-7-5-4-6-9(10)11(14-15)8(2)13(17)18/h4-8H,3H2,1-2H3,(H,17,18)/p-1/t8-/m1/s1. The lowest BCUT2D eigenvalue weighted by molar-refractivity contribution is -0.307. The number of carbonyl (C=O) groups excluding carboxylic acids is 1. The van der Waals surface area contributed by atoms with Crippen molar-refractivity contribution in [1.82, 2.24) is 9.78 Å². The van der Waals surface area contributed by atoms with E-state index in [9.17, 15) is 14.7 Å². The van der Waals surface area contributed by atoms with E-state index in [0.29, 0.717) is 23.0 Å². The van der Waals surface area contributed by atoms with Crippen LogP contribution in [0.5, 0.6) is 0 Å². The van der Waals surface area contributed by atoms with Gasteiger partial charge in [-0.3, -0.25) is 4.79 Å². The first-order chi connectivity index (χ1) is 8.56. The third-order valence-corrected chi connectivity index (χ3v) is 2.96. The Balaban J connectivity index is 2.84. The van der Waals surface area contributed by atoms with Crippen molar-refractivity contribution in [3.63, 3.8) is 0 Å². The smallest absolute Gasteiger partial charge is 0.274 e. The molecule has 0 unspecified atom stereocenters. The van der Waals surface area contributed by atoms with Crippen LogP contribution in [0.3, 0.4) is 0 Å². The van der Waals surface area contributed by atoms with Crippen molar-refractivity contribution in [3.05, 3.63) is 40.3 Å². The van der Waals surface area contributed by atoms with E-state index >= 15 is 0 Å². The van der Waals surface area contributed by atoms with Gasteiger partial charge in [-0.25, -0.2) is 4.68 Å². The summed E-state index contributed by atoms with van der Waals surface area (Å²) in [5, 5.41) is 16.2. The summed E-state index contributed by atoms with van der Waals surface area (Å²) in [5.74, 6) is -2.05. The summed E-state index contributed by atoms with van der Waals surface area (Å²) in [4.78, 5) is 23.0. The molecule has 1 atom stereocenters. The Labute approximate surface area is 104 Å². The summed E-state index contributed by atoms with van der Waals surface area (Å²) in [6.07, 6.45) is 0. The van der Waals surface area contributed by atoms with E-state index in [1.807, 2.05) is 0 Å². The Morgan fingerprint density at radius 1 is 1.39 bits per heavy atom. The molecule has 0 aliphatic carbocycles. The number of carboxylic acids is 1. The van der Waals surface area contributed by atoms with Gasteiger partial charge in [-0.1, -0.05) is 25.1 Å². The number of carboxylic acid groups (broad SMARTS) is 1. The lowest BCUT2D eigenvalue weighted by Gasteiger charge is -2.16. The fourth-order valence-corrected chi connectivity index (χ4v) is 1.91. The number of hydrogen-bond donors (Lipinski definition) is 0. The minimum Gasteiger partial charge on any atom is -0.549 e. The van der Waals surface area contributed by atoms with Crippen LogP contribution in [0.15, 0.2) is 29.1 Å². The number of fused-ring (bicyclic) bond motifs is 1. The highest BCUT2D eigenvalue weighted by Crippen LogP contribution is 2.20. The average molecular weight is 245 g/mol. The Bertz CT molecular complexity index is 661. The SMILES string of the molecule is CCn1nc([C@@H](C)C(=O)[O-])c2ccccc2c1=O. The summed E-state index contributed by atoms with van der Waals surface area (Å²) >= 11 is 0. The molecule has 18 heavy (non-hydrogen) atoms. The molecule has 1 heterocycles. The molecule has 0 radical (unpaired) electrons. The normalized spacial score (nSPS) is 12.6. The predicted molar refractivity (Wildman–Crippen MR) is 65.1 cm³/mol. The molecule has 1 aromatic carbocycles. The predicted octanol–water partition coefficient (Wildman–Crippen LogP) is 0.270. The molecule has 5 nitrogen and oxygen atoms in total. The monoisotopic (exact) mass is 245 g/mol. The van der Waals surface area contributed by atoms with Gasteiger partial charge in [0.25, 0.3) is 5.56 Å². The van der Waals surface area contributed by atoms with Crippen molar-refractivity contribution in [2.45, 2.75) is 26.3 Å². The Hall–Kier alpha value is -2.17. The summed E-state index contributed by atoms with van der Waals surface area (Å²) in [6.45, 7) is 3.70. The third kappa shape index (κ3) is 1.88. The second-order valence-electron chi connectivity index (χ2n) is 4.09. The van der Waals surface area contributed by atoms with Crippen LogP contribution in [0.1, 0.15) is 25.5 Å². The maximum atomic E-state index is 12.0. The zero-order valence-corrected chi connectivity index (χ0v) is 10.2. The fraction of sp³-hybridized carbons (Fsp3) is 0.308. The molecule has 0 spiro atoms. The van der Waals surface area contributed by atoms with Crippen molar-refractivity contribution >= 4 is 16.7 Å². The summed E-state index contributed by atoms with van der Waals surface area (Å²) in [6, 6.07) is 6.89. The van der Waals surface area contributed by atoms with Crippen LogP contribution in [0.2, 0.25) is 0 Å². The maximum Gasteiger partial charge on any atom is 0.274 e. The number of nitrogens with zero attached hydrogens (tertiary/aromatic N) is 2. The quantitative estimate of drug-likeness (QED) is 0.777. The minimum atomic E-state index is -1.20. The van der Waals surface area contributed by atoms with Gasteiger partial charge >= 0.3 is 0 Å². The zero-order chi connectivity index (χ0) is 13.3. The number of carbonyl (C=O) groups is 1. The van der Waals surface area contributed by atoms with Crippen LogP contribution >= 0.6 is 0 Å². The number of aryl methyl sites for hydroxylation is 1. The second-order valence-corrected chi connectivity index (χ2v) is 4.09. The van der Waals surface area contributed by atoms with Crippen molar-refractivity contribution in [3.8, 4) is 0 Å². The summed E-state index contributed by atoms with van der Waals surface area (Å²) in [7, 11) is 0. The van der Waals surface area contributed by atoms with Crippen molar-refractivity contribution < 1.29 is 9.90 Å². The first-order valence-corrected chi connectivity index (χ1v) is 5.76. The van der Waals surface area contributed by atoms with Crippen LogP contribution in [-0.4, -0.2) is 15.7 Å². The van der Waals surface area contributed by atoms with E-state index in [2.05, 4.69) is 5.10 Å². The van der Waals surface area contributed by atoms with Crippen LogP contribution in [0.4, 0.5) is 0 Å². The van der Waals surface area contributed by atoms with Gasteiger partial charge in [-0.15, -0.1) is 0 Å². The van der Waals surface area contributed by atoms with E-state index in [-0.39, 0.29) is 5.56 Å². The number of rotatable bonds is 3. The van der Waals surface area contributed by atoms with Gasteiger partial charge in [-0.2, -0.15) is 5.10 Å². The van der Waals surface area contributed by atoms with Crippen LogP contribution in [-0.2, 0) is 11.3 Å². The molecule has 0 N–H and O–H groups in total. The van der Waals surface area contributed by atoms with Gasteiger partial charge in [-0.05, 0) is 13.0 Å². The van der Waals surface area contributed by atoms with Crippen molar-refractivity contribution in [1.29, 1.82) is 0 Å². The van der Waals surface area contributed by atoms with Gasteiger partial charge in [0.05, 0.1) is 17.0 Å². The van der Waals surface area contributed by atoms with Gasteiger partial charge in [0.15, 0.2) is 0 Å². The van der Waals surface area contributed by atoms with E-state index in [4.69, 9.17) is 0 Å². The zero-order valence-electron chi connectivity index (χ0n) is 10.2. The van der Waals surface area contributed by atoms with Gasteiger partial charge in [0.1, 0.15) is 0 Å². The van der Waals surface area contributed by atoms with Crippen molar-refractivity contribution in [2.24, 2.45) is 0 Å². The molecule has 2 rings (SSSR count). The molecule has 5 heteroatoms. The van der Waals surface area contributed by atoms with E-state index in [1.54, 1.807) is 31.2 Å². The number of aromatic nitrogens is 2. The highest BCUT2D eigenvalue weighted by atomic mass is 16.4. The van der Waals surface area contributed by atoms with Crippen LogP contribution < -0.4 is 10.7 Å². The topological polar surface area (TPSA) is 75.0 Å². The molecule has 0 saturated carbocycles. The molecule has 0 bridgehead atoms. The molecule has 0 aliphatic rings. The fourth-order valence-electron chi connectivity index (χ4n) is 1.91. The molecule has 0 saturated heterocycles. The Kier molecular flexibility index (Phi) is 3.14. The number of hydrogen-bond acceptors (Lipinski definition) is 4. The molecular formula is C13H13N2O3-. The van der Waals surface area contributed by atoms with Crippen molar-refractivity contribution in [2.75, 3.05) is 0 Å². The largest absolute Gasteiger partial charge is 0.549 e. The molecule has 2 aromatic rings. The summed E-state index contributed by atoms with van der Waals surface area (Å²) < 4.78 is 1.27. The van der Waals surface area contributed by atoms with Gasteiger partial charge < -0.3 is 9.90 Å². The lowest BCUT2D eigenvalue weighted by Crippen LogP contribution is -2.31. The summed E-state index contributed by atoms with van der Waals surface area (Å²) in [5.41, 5.74) is 0.162. The second kappa shape index (κ2) is 4.60. The third-order valence-electron chi connectivity index (χ3n) is 2.96. The minimum absolute atomic E-state index is 0.206. The van der Waals surface area contributed by atoms with Gasteiger partial charge in [0, 0.05) is 17.8 Å². The molecular weight excluding hydrogens is 232 g/mol. The van der Waals surface area contributed by atoms with Crippen LogP contribution in [0, 0.1) is 0 Å². The van der Waals surface area contributed by atoms with E-state index in [1.165, 1.54) is 11.6 Å². The maximum absolute atomic E-state index is 12.0. The average Bonchev–Trinajstić information content (AvgIpc) is 2.38. The van der Waals surface area contributed by atoms with E-state index in [0.717, 1.165) is 0 Å². The number of aliphatic carboxylic acids is 1. The molecule has 0 fully saturated rings. The Morgan fingerprint density at radius 3 is 2.56 bits per heavy atom. The lowest BCUT2D eigenvalue weighted by atomic mass is 10.0. The molecule has 94 valence electrons. The Morgan fingerprint density at radius 2 is 2.00 bits per heavy atom. The highest BCUT2D eigenvalue weighted by molar-refractivity contribution is 5.88. The van der Waals surface area contributed by atoms with Gasteiger partial charge in [0.2, 0.25) is 0 Å². The first-order valence-electron chi connectivity index (χ1n) is 5.76. The molecule has 0 aliphatic heterocycles. The molecule has 0 amide bonds. The number of benzene rings is 1. The van der Waals surface area contributed by atoms with Crippen LogP contribution in [0.25, 0.3) is 10.8 Å². The molecule has 1 aromatic heterocycles. The highest BCUT2D eigenvalue weighted by Gasteiger charge is 2.15.